The van der Waals surface area contributed by atoms with Gasteiger partial charge < -0.3 is 9.47 Å². The first-order valence-electron chi connectivity index (χ1n) is 5.84. The summed E-state index contributed by atoms with van der Waals surface area (Å²) in [7, 11) is 1.38. The molecule has 0 unspecified atom stereocenters. The molecule has 0 fully saturated rings. The van der Waals surface area contributed by atoms with E-state index < -0.39 is 0 Å². The van der Waals surface area contributed by atoms with E-state index in [1.54, 1.807) is 0 Å². The van der Waals surface area contributed by atoms with E-state index in [-0.39, 0.29) is 12.4 Å². The van der Waals surface area contributed by atoms with Crippen LogP contribution >= 0.6 is 0 Å². The molecule has 3 heteroatoms. The molecule has 0 aliphatic carbocycles. The lowest BCUT2D eigenvalue weighted by Gasteiger charge is -2.14. The number of esters is 1. The summed E-state index contributed by atoms with van der Waals surface area (Å²) < 4.78 is 10.2. The summed E-state index contributed by atoms with van der Waals surface area (Å²) in [5.74, 6) is 1.02. The Kier molecular flexibility index (Phi) is 5.01. The van der Waals surface area contributed by atoms with Crippen molar-refractivity contribution in [3.05, 3.63) is 29.3 Å². The highest BCUT2D eigenvalue weighted by Crippen LogP contribution is 2.27. The number of carbonyl (C=O) groups is 1. The van der Waals surface area contributed by atoms with Gasteiger partial charge >= 0.3 is 5.97 Å². The molecule has 17 heavy (non-hydrogen) atoms. The molecule has 0 atom stereocenters. The lowest BCUT2D eigenvalue weighted by molar-refractivity contribution is -0.141. The highest BCUT2D eigenvalue weighted by Gasteiger charge is 2.09. The van der Waals surface area contributed by atoms with E-state index in [0.717, 1.165) is 11.3 Å². The normalized spacial score (nSPS) is 10.4. The summed E-state index contributed by atoms with van der Waals surface area (Å²) in [6, 6.07) is 6.16. The summed E-state index contributed by atoms with van der Waals surface area (Å²) in [4.78, 5) is 11.0. The molecule has 0 aliphatic rings. The predicted octanol–water partition coefficient (Wildman–Crippen LogP) is 3.06. The molecule has 3 nitrogen and oxygen atoms in total. The highest BCUT2D eigenvalue weighted by molar-refractivity contribution is 5.69. The smallest absolute Gasteiger partial charge is 0.308 e. The first-order valence-corrected chi connectivity index (χ1v) is 5.84. The van der Waals surface area contributed by atoms with E-state index in [4.69, 9.17) is 4.74 Å². The van der Waals surface area contributed by atoms with Crippen LogP contribution in [0.15, 0.2) is 18.2 Å². The number of hydrogen-bond acceptors (Lipinski definition) is 3. The van der Waals surface area contributed by atoms with Crippen molar-refractivity contribution in [2.75, 3.05) is 13.7 Å². The Labute approximate surface area is 103 Å². The molecule has 0 aromatic heterocycles. The van der Waals surface area contributed by atoms with Gasteiger partial charge in [-0.3, -0.25) is 4.79 Å². The van der Waals surface area contributed by atoms with Crippen molar-refractivity contribution >= 4 is 5.97 Å². The van der Waals surface area contributed by atoms with Gasteiger partial charge in [0.2, 0.25) is 0 Å². The molecule has 0 radical (unpaired) electrons. The summed E-state index contributed by atoms with van der Waals surface area (Å²) in [5.41, 5.74) is 2.32. The lowest BCUT2D eigenvalue weighted by atomic mass is 10.0. The van der Waals surface area contributed by atoms with Gasteiger partial charge in [0.05, 0.1) is 20.1 Å². The van der Waals surface area contributed by atoms with Crippen LogP contribution in [0.2, 0.25) is 0 Å². The van der Waals surface area contributed by atoms with Gasteiger partial charge in [0.15, 0.2) is 0 Å². The zero-order chi connectivity index (χ0) is 12.8. The fourth-order valence-electron chi connectivity index (χ4n) is 1.59. The van der Waals surface area contributed by atoms with Crippen LogP contribution in [0.3, 0.4) is 0 Å². The average Bonchev–Trinajstić information content (AvgIpc) is 2.28. The minimum atomic E-state index is -0.247. The molecule has 94 valence electrons. The standard InChI is InChI=1S/C14H20O3/c1-10(2)12-6-5-11(3)9-13(12)17-8-7-14(15)16-4/h5-6,9-10H,7-8H2,1-4H3. The second-order valence-corrected chi connectivity index (χ2v) is 4.37. The topological polar surface area (TPSA) is 35.5 Å². The Morgan fingerprint density at radius 3 is 2.65 bits per heavy atom. The Balaban J connectivity index is 2.68. The highest BCUT2D eigenvalue weighted by atomic mass is 16.5. The minimum absolute atomic E-state index is 0.247. The average molecular weight is 236 g/mol. The zero-order valence-electron chi connectivity index (χ0n) is 10.9. The number of benzene rings is 1. The third-order valence-corrected chi connectivity index (χ3v) is 2.58. The largest absolute Gasteiger partial charge is 0.493 e. The summed E-state index contributed by atoms with van der Waals surface area (Å²) in [6.07, 6.45) is 0.280. The van der Waals surface area contributed by atoms with Gasteiger partial charge in [-0.1, -0.05) is 26.0 Å². The summed E-state index contributed by atoms with van der Waals surface area (Å²) in [5, 5.41) is 0. The molecule has 1 aromatic carbocycles. The van der Waals surface area contributed by atoms with E-state index in [1.807, 2.05) is 13.0 Å². The van der Waals surface area contributed by atoms with Gasteiger partial charge in [0, 0.05) is 0 Å². The van der Waals surface area contributed by atoms with Crippen molar-refractivity contribution in [1.29, 1.82) is 0 Å². The van der Waals surface area contributed by atoms with Crippen molar-refractivity contribution < 1.29 is 14.3 Å². The van der Waals surface area contributed by atoms with Crippen molar-refractivity contribution in [2.45, 2.75) is 33.1 Å². The Morgan fingerprint density at radius 1 is 1.35 bits per heavy atom. The molecular weight excluding hydrogens is 216 g/mol. The van der Waals surface area contributed by atoms with E-state index in [9.17, 15) is 4.79 Å². The maximum atomic E-state index is 11.0. The number of aryl methyl sites for hydroxylation is 1. The van der Waals surface area contributed by atoms with Crippen LogP contribution in [0.1, 0.15) is 37.3 Å². The van der Waals surface area contributed by atoms with Crippen LogP contribution in [0.25, 0.3) is 0 Å². The maximum Gasteiger partial charge on any atom is 0.308 e. The predicted molar refractivity (Wildman–Crippen MR) is 67.4 cm³/mol. The summed E-state index contributed by atoms with van der Waals surface area (Å²) >= 11 is 0. The van der Waals surface area contributed by atoms with Gasteiger partial charge in [-0.15, -0.1) is 0 Å². The monoisotopic (exact) mass is 236 g/mol. The minimum Gasteiger partial charge on any atom is -0.493 e. The Morgan fingerprint density at radius 2 is 2.06 bits per heavy atom. The second kappa shape index (κ2) is 6.28. The van der Waals surface area contributed by atoms with E-state index in [1.165, 1.54) is 12.7 Å². The second-order valence-electron chi connectivity index (χ2n) is 4.37. The molecule has 1 rings (SSSR count). The number of rotatable bonds is 5. The quantitative estimate of drug-likeness (QED) is 0.737. The first-order chi connectivity index (χ1) is 8.04. The SMILES string of the molecule is COC(=O)CCOc1cc(C)ccc1C(C)C. The van der Waals surface area contributed by atoms with Gasteiger partial charge in [-0.05, 0) is 30.0 Å². The molecular formula is C14H20O3. The van der Waals surface area contributed by atoms with Crippen LogP contribution in [0, 0.1) is 6.92 Å². The van der Waals surface area contributed by atoms with E-state index in [0.29, 0.717) is 12.5 Å². The Bertz CT molecular complexity index is 383. The van der Waals surface area contributed by atoms with Crippen molar-refractivity contribution in [3.8, 4) is 5.75 Å². The fourth-order valence-corrected chi connectivity index (χ4v) is 1.59. The molecule has 0 aliphatic heterocycles. The van der Waals surface area contributed by atoms with Crippen molar-refractivity contribution in [2.24, 2.45) is 0 Å². The molecule has 0 N–H and O–H groups in total. The van der Waals surface area contributed by atoms with Crippen LogP contribution in [-0.4, -0.2) is 19.7 Å². The number of hydrogen-bond donors (Lipinski definition) is 0. The molecule has 0 saturated heterocycles. The van der Waals surface area contributed by atoms with Crippen molar-refractivity contribution in [3.63, 3.8) is 0 Å². The van der Waals surface area contributed by atoms with E-state index >= 15 is 0 Å². The molecule has 0 saturated carbocycles. The van der Waals surface area contributed by atoms with Crippen molar-refractivity contribution in [1.82, 2.24) is 0 Å². The maximum absolute atomic E-state index is 11.0. The Hall–Kier alpha value is -1.51. The number of methoxy groups -OCH3 is 1. The molecule has 1 aromatic rings. The summed E-state index contributed by atoms with van der Waals surface area (Å²) in [6.45, 7) is 6.63. The lowest BCUT2D eigenvalue weighted by Crippen LogP contribution is -2.08. The van der Waals surface area contributed by atoms with Crippen LogP contribution in [-0.2, 0) is 9.53 Å². The number of ether oxygens (including phenoxy) is 2. The molecule has 0 bridgehead atoms. The third kappa shape index (κ3) is 4.10. The third-order valence-electron chi connectivity index (χ3n) is 2.58. The van der Waals surface area contributed by atoms with Gasteiger partial charge in [0.1, 0.15) is 5.75 Å². The van der Waals surface area contributed by atoms with Gasteiger partial charge in [-0.25, -0.2) is 0 Å². The van der Waals surface area contributed by atoms with Crippen LogP contribution < -0.4 is 4.74 Å². The fraction of sp³-hybridized carbons (Fsp3) is 0.500. The first kappa shape index (κ1) is 13.6. The number of carbonyl (C=O) groups excluding carboxylic acids is 1. The zero-order valence-corrected chi connectivity index (χ0v) is 10.9. The van der Waals surface area contributed by atoms with Gasteiger partial charge in [-0.2, -0.15) is 0 Å². The van der Waals surface area contributed by atoms with Crippen LogP contribution in [0.5, 0.6) is 5.75 Å². The molecule has 0 amide bonds. The van der Waals surface area contributed by atoms with E-state index in [2.05, 4.69) is 30.7 Å². The molecule has 0 spiro atoms. The van der Waals surface area contributed by atoms with Gasteiger partial charge in [0.25, 0.3) is 0 Å². The molecule has 0 heterocycles. The van der Waals surface area contributed by atoms with Crippen LogP contribution in [0.4, 0.5) is 0 Å².